The van der Waals surface area contributed by atoms with Crippen molar-refractivity contribution in [2.75, 3.05) is 6.54 Å². The SMILES string of the molecule is C[C@]1(C(=O)N(CC(=O)NC2CCCC2)Cc2ccccc2)CC(=O)N=C2C=CC=CN21. The number of hydrogen-bond donors (Lipinski definition) is 1. The lowest BCUT2D eigenvalue weighted by molar-refractivity contribution is -0.146. The van der Waals surface area contributed by atoms with Gasteiger partial charge in [-0.25, -0.2) is 0 Å². The van der Waals surface area contributed by atoms with Gasteiger partial charge in [-0.15, -0.1) is 0 Å². The molecule has 1 aliphatic carbocycles. The van der Waals surface area contributed by atoms with Crippen LogP contribution in [0.1, 0.15) is 44.6 Å². The lowest BCUT2D eigenvalue weighted by atomic mass is 9.90. The lowest BCUT2D eigenvalue weighted by Crippen LogP contribution is -2.61. The average Bonchev–Trinajstić information content (AvgIpc) is 3.26. The highest BCUT2D eigenvalue weighted by Crippen LogP contribution is 2.30. The van der Waals surface area contributed by atoms with Crippen LogP contribution in [-0.2, 0) is 20.9 Å². The van der Waals surface area contributed by atoms with E-state index in [0.29, 0.717) is 12.4 Å². The van der Waals surface area contributed by atoms with Gasteiger partial charge in [0.1, 0.15) is 11.4 Å². The summed E-state index contributed by atoms with van der Waals surface area (Å²) in [6, 6.07) is 9.77. The Morgan fingerprint density at radius 3 is 2.68 bits per heavy atom. The molecule has 1 aromatic carbocycles. The Labute approximate surface area is 182 Å². The van der Waals surface area contributed by atoms with E-state index in [1.165, 1.54) is 0 Å². The third-order valence-corrected chi connectivity index (χ3v) is 6.12. The first kappa shape index (κ1) is 21.0. The number of nitrogens with one attached hydrogen (secondary N) is 1. The molecular formula is C24H28N4O3. The minimum Gasteiger partial charge on any atom is -0.352 e. The second-order valence-electron chi connectivity index (χ2n) is 8.58. The molecule has 0 radical (unpaired) electrons. The molecule has 1 atom stereocenters. The summed E-state index contributed by atoms with van der Waals surface area (Å²) in [5.41, 5.74) is -0.212. The molecule has 162 valence electrons. The first-order valence-corrected chi connectivity index (χ1v) is 10.8. The van der Waals surface area contributed by atoms with E-state index in [4.69, 9.17) is 0 Å². The van der Waals surface area contributed by atoms with Gasteiger partial charge < -0.3 is 15.1 Å². The molecule has 4 rings (SSSR count). The van der Waals surface area contributed by atoms with E-state index in [0.717, 1.165) is 31.2 Å². The number of fused-ring (bicyclic) bond motifs is 1. The molecule has 0 saturated heterocycles. The molecular weight excluding hydrogens is 392 g/mol. The van der Waals surface area contributed by atoms with Crippen molar-refractivity contribution in [3.05, 3.63) is 60.3 Å². The molecule has 1 aromatic rings. The van der Waals surface area contributed by atoms with E-state index in [9.17, 15) is 14.4 Å². The number of benzene rings is 1. The molecule has 1 saturated carbocycles. The fraction of sp³-hybridized carbons (Fsp3) is 0.417. The van der Waals surface area contributed by atoms with Gasteiger partial charge in [0.2, 0.25) is 11.8 Å². The standard InChI is InChI=1S/C24H28N4O3/c1-24(15-21(29)26-20-13-7-8-14-28(20)24)23(31)27(16-18-9-3-2-4-10-18)17-22(30)25-19-11-5-6-12-19/h2-4,7-10,13-14,19H,5-6,11-12,15-17H2,1H3,(H,25,30)/t24-/m1/s1. The second kappa shape index (κ2) is 8.88. The molecule has 0 aromatic heterocycles. The second-order valence-corrected chi connectivity index (χ2v) is 8.58. The molecule has 1 N–H and O–H groups in total. The Balaban J connectivity index is 1.58. The Hall–Kier alpha value is -3.22. The molecule has 0 bridgehead atoms. The van der Waals surface area contributed by atoms with Crippen molar-refractivity contribution in [3.63, 3.8) is 0 Å². The molecule has 3 amide bonds. The van der Waals surface area contributed by atoms with Gasteiger partial charge in [-0.05, 0) is 37.5 Å². The van der Waals surface area contributed by atoms with Crippen LogP contribution in [-0.4, -0.2) is 51.5 Å². The van der Waals surface area contributed by atoms with E-state index in [2.05, 4.69) is 10.3 Å². The van der Waals surface area contributed by atoms with Crippen LogP contribution in [0.2, 0.25) is 0 Å². The number of nitrogens with zero attached hydrogens (tertiary/aromatic N) is 3. The summed E-state index contributed by atoms with van der Waals surface area (Å²) < 4.78 is 0. The molecule has 0 spiro atoms. The average molecular weight is 421 g/mol. The van der Waals surface area contributed by atoms with Gasteiger partial charge in [0, 0.05) is 18.8 Å². The lowest BCUT2D eigenvalue weighted by Gasteiger charge is -2.44. The third kappa shape index (κ3) is 4.60. The number of rotatable bonds is 6. The monoisotopic (exact) mass is 420 g/mol. The Morgan fingerprint density at radius 1 is 1.19 bits per heavy atom. The predicted octanol–water partition coefficient (Wildman–Crippen LogP) is 2.55. The maximum absolute atomic E-state index is 13.8. The largest absolute Gasteiger partial charge is 0.352 e. The topological polar surface area (TPSA) is 82.1 Å². The Bertz CT molecular complexity index is 947. The van der Waals surface area contributed by atoms with Crippen LogP contribution in [0.4, 0.5) is 0 Å². The summed E-state index contributed by atoms with van der Waals surface area (Å²) in [5.74, 6) is -0.315. The predicted molar refractivity (Wildman–Crippen MR) is 118 cm³/mol. The molecule has 7 nitrogen and oxygen atoms in total. The van der Waals surface area contributed by atoms with Crippen molar-refractivity contribution < 1.29 is 14.4 Å². The van der Waals surface area contributed by atoms with Gasteiger partial charge in [0.15, 0.2) is 0 Å². The zero-order chi connectivity index (χ0) is 21.8. The minimum absolute atomic E-state index is 0.0386. The van der Waals surface area contributed by atoms with Gasteiger partial charge in [0.25, 0.3) is 5.91 Å². The fourth-order valence-electron chi connectivity index (χ4n) is 4.53. The van der Waals surface area contributed by atoms with Crippen molar-refractivity contribution in [2.24, 2.45) is 4.99 Å². The van der Waals surface area contributed by atoms with Crippen LogP contribution in [0.25, 0.3) is 0 Å². The normalized spacial score (nSPS) is 22.8. The molecule has 1 fully saturated rings. The summed E-state index contributed by atoms with van der Waals surface area (Å²) in [6.45, 7) is 1.99. The van der Waals surface area contributed by atoms with Crippen LogP contribution >= 0.6 is 0 Å². The van der Waals surface area contributed by atoms with Crippen LogP contribution in [0.5, 0.6) is 0 Å². The smallest absolute Gasteiger partial charge is 0.250 e. The molecule has 2 aliphatic heterocycles. The highest BCUT2D eigenvalue weighted by Gasteiger charge is 2.47. The molecule has 31 heavy (non-hydrogen) atoms. The first-order chi connectivity index (χ1) is 15.0. The summed E-state index contributed by atoms with van der Waals surface area (Å²) in [7, 11) is 0. The van der Waals surface area contributed by atoms with E-state index in [-0.39, 0.29) is 36.7 Å². The number of amidine groups is 1. The summed E-state index contributed by atoms with van der Waals surface area (Å²) in [4.78, 5) is 46.4. The van der Waals surface area contributed by atoms with E-state index < -0.39 is 5.54 Å². The van der Waals surface area contributed by atoms with Crippen LogP contribution < -0.4 is 5.32 Å². The molecule has 7 heteroatoms. The quantitative estimate of drug-likeness (QED) is 0.767. The number of carbonyl (C=O) groups excluding carboxylic acids is 3. The van der Waals surface area contributed by atoms with Gasteiger partial charge >= 0.3 is 0 Å². The van der Waals surface area contributed by atoms with Gasteiger partial charge in [-0.3, -0.25) is 14.4 Å². The zero-order valence-corrected chi connectivity index (χ0v) is 17.8. The minimum atomic E-state index is -1.14. The van der Waals surface area contributed by atoms with Crippen molar-refractivity contribution in [3.8, 4) is 0 Å². The van der Waals surface area contributed by atoms with E-state index in [1.54, 1.807) is 35.1 Å². The molecule has 0 unspecified atom stereocenters. The fourth-order valence-corrected chi connectivity index (χ4v) is 4.53. The number of allylic oxidation sites excluding steroid dienone is 2. The summed E-state index contributed by atoms with van der Waals surface area (Å²) in [5, 5.41) is 3.07. The van der Waals surface area contributed by atoms with Crippen molar-refractivity contribution in [1.29, 1.82) is 0 Å². The maximum atomic E-state index is 13.8. The first-order valence-electron chi connectivity index (χ1n) is 10.8. The number of hydrogen-bond acceptors (Lipinski definition) is 4. The van der Waals surface area contributed by atoms with Crippen molar-refractivity contribution in [1.82, 2.24) is 15.1 Å². The highest BCUT2D eigenvalue weighted by molar-refractivity contribution is 6.09. The number of aliphatic imine (C=N–C) groups is 1. The van der Waals surface area contributed by atoms with Crippen molar-refractivity contribution in [2.45, 2.75) is 57.2 Å². The highest BCUT2D eigenvalue weighted by atomic mass is 16.2. The molecule has 3 aliphatic rings. The molecule has 2 heterocycles. The Morgan fingerprint density at radius 2 is 1.94 bits per heavy atom. The number of amides is 3. The van der Waals surface area contributed by atoms with Crippen LogP contribution in [0, 0.1) is 0 Å². The van der Waals surface area contributed by atoms with E-state index in [1.807, 2.05) is 36.4 Å². The summed E-state index contributed by atoms with van der Waals surface area (Å²) in [6.07, 6.45) is 11.3. The zero-order valence-electron chi connectivity index (χ0n) is 17.8. The maximum Gasteiger partial charge on any atom is 0.250 e. The van der Waals surface area contributed by atoms with Crippen LogP contribution in [0.3, 0.4) is 0 Å². The van der Waals surface area contributed by atoms with Gasteiger partial charge in [-0.2, -0.15) is 4.99 Å². The van der Waals surface area contributed by atoms with Gasteiger partial charge in [0.05, 0.1) is 13.0 Å². The van der Waals surface area contributed by atoms with Gasteiger partial charge in [-0.1, -0.05) is 49.2 Å². The number of carbonyl (C=O) groups is 3. The Kier molecular flexibility index (Phi) is 6.02. The van der Waals surface area contributed by atoms with Crippen LogP contribution in [0.15, 0.2) is 59.8 Å². The van der Waals surface area contributed by atoms with Crippen molar-refractivity contribution >= 4 is 23.6 Å². The third-order valence-electron chi connectivity index (χ3n) is 6.12. The van der Waals surface area contributed by atoms with E-state index >= 15 is 0 Å². The summed E-state index contributed by atoms with van der Waals surface area (Å²) >= 11 is 0.